The number of benzene rings is 2. The van der Waals surface area contributed by atoms with Crippen molar-refractivity contribution in [2.24, 2.45) is 0 Å². The molecule has 2 aromatic carbocycles. The highest BCUT2D eigenvalue weighted by molar-refractivity contribution is 6.06. The maximum absolute atomic E-state index is 13.1. The molecule has 0 aromatic heterocycles. The molecule has 0 unspecified atom stereocenters. The lowest BCUT2D eigenvalue weighted by atomic mass is 10.1. The number of imide groups is 1. The van der Waals surface area contributed by atoms with Gasteiger partial charge in [0, 0.05) is 19.6 Å². The third-order valence-corrected chi connectivity index (χ3v) is 6.12. The van der Waals surface area contributed by atoms with Crippen molar-refractivity contribution < 1.29 is 33.3 Å². The van der Waals surface area contributed by atoms with E-state index in [0.29, 0.717) is 37.7 Å². The minimum atomic E-state index is -1.21. The Morgan fingerprint density at radius 3 is 2.39 bits per heavy atom. The van der Waals surface area contributed by atoms with E-state index in [2.05, 4.69) is 10.2 Å². The Hall–Kier alpha value is -3.21. The van der Waals surface area contributed by atoms with Crippen molar-refractivity contribution in [2.75, 3.05) is 46.1 Å². The second kappa shape index (κ2) is 10.8. The molecule has 36 heavy (non-hydrogen) atoms. The lowest BCUT2D eigenvalue weighted by Crippen LogP contribution is -2.48. The first kappa shape index (κ1) is 25.9. The Morgan fingerprint density at radius 1 is 1.06 bits per heavy atom. The standard InChI is InChI=1S/C26H32FN3O6/c1-25(2)23(31)30(24(32)28-25)12-14-35-21-7-3-19(4-8-21)15-29-11-13-34-17-26(33,16-29)18-36-22-9-5-20(27)6-10-22/h3-10,33H,11-18H2,1-2H3,(H,28,32)/t26-/m1/s1. The Bertz CT molecular complexity index is 1060. The molecular formula is C26H32FN3O6. The highest BCUT2D eigenvalue weighted by atomic mass is 19.1. The molecule has 4 rings (SSSR count). The number of nitrogens with one attached hydrogen (secondary N) is 1. The van der Waals surface area contributed by atoms with Gasteiger partial charge in [-0.3, -0.25) is 14.6 Å². The average molecular weight is 502 g/mol. The predicted octanol–water partition coefficient (Wildman–Crippen LogP) is 2.18. The number of amides is 3. The van der Waals surface area contributed by atoms with Gasteiger partial charge < -0.3 is 24.6 Å². The number of carbonyl (C=O) groups is 2. The van der Waals surface area contributed by atoms with Gasteiger partial charge in [0.2, 0.25) is 0 Å². The molecule has 0 radical (unpaired) electrons. The summed E-state index contributed by atoms with van der Waals surface area (Å²) in [5.74, 6) is 0.499. The van der Waals surface area contributed by atoms with Gasteiger partial charge in [-0.2, -0.15) is 0 Å². The number of urea groups is 1. The fourth-order valence-corrected chi connectivity index (χ4v) is 4.19. The molecule has 0 bridgehead atoms. The van der Waals surface area contributed by atoms with Gasteiger partial charge in [-0.25, -0.2) is 9.18 Å². The molecule has 1 atom stereocenters. The largest absolute Gasteiger partial charge is 0.492 e. The Morgan fingerprint density at radius 2 is 1.72 bits per heavy atom. The van der Waals surface area contributed by atoms with Crippen LogP contribution < -0.4 is 14.8 Å². The number of halogens is 1. The Labute approximate surface area is 209 Å². The van der Waals surface area contributed by atoms with Crippen LogP contribution in [0.4, 0.5) is 9.18 Å². The molecule has 0 saturated carbocycles. The molecule has 3 amide bonds. The monoisotopic (exact) mass is 501 g/mol. The number of nitrogens with zero attached hydrogens (tertiary/aromatic N) is 2. The van der Waals surface area contributed by atoms with Crippen LogP contribution in [-0.2, 0) is 16.1 Å². The van der Waals surface area contributed by atoms with Crippen molar-refractivity contribution in [2.45, 2.75) is 31.5 Å². The van der Waals surface area contributed by atoms with Crippen LogP contribution >= 0.6 is 0 Å². The number of aliphatic hydroxyl groups is 1. The summed E-state index contributed by atoms with van der Waals surface area (Å²) in [4.78, 5) is 27.5. The van der Waals surface area contributed by atoms with Gasteiger partial charge in [0.15, 0.2) is 0 Å². The predicted molar refractivity (Wildman–Crippen MR) is 129 cm³/mol. The van der Waals surface area contributed by atoms with Crippen molar-refractivity contribution in [3.8, 4) is 11.5 Å². The van der Waals surface area contributed by atoms with Crippen LogP contribution in [0.2, 0.25) is 0 Å². The normalized spacial score (nSPS) is 22.3. The van der Waals surface area contributed by atoms with Crippen LogP contribution in [0.25, 0.3) is 0 Å². The van der Waals surface area contributed by atoms with Crippen LogP contribution in [0.15, 0.2) is 48.5 Å². The lowest BCUT2D eigenvalue weighted by Gasteiger charge is -2.30. The summed E-state index contributed by atoms with van der Waals surface area (Å²) in [6, 6.07) is 12.8. The molecule has 2 aliphatic heterocycles. The number of rotatable bonds is 9. The topological polar surface area (TPSA) is 101 Å². The summed E-state index contributed by atoms with van der Waals surface area (Å²) in [6.07, 6.45) is 0. The van der Waals surface area contributed by atoms with Crippen LogP contribution in [-0.4, -0.2) is 84.0 Å². The second-order valence-corrected chi connectivity index (χ2v) is 9.73. The van der Waals surface area contributed by atoms with Crippen LogP contribution in [0.5, 0.6) is 11.5 Å². The summed E-state index contributed by atoms with van der Waals surface area (Å²) >= 11 is 0. The molecule has 2 fully saturated rings. The molecule has 0 aliphatic carbocycles. The summed E-state index contributed by atoms with van der Waals surface area (Å²) in [7, 11) is 0. The molecule has 2 aromatic rings. The lowest BCUT2D eigenvalue weighted by molar-refractivity contribution is -0.130. The van der Waals surface area contributed by atoms with Crippen molar-refractivity contribution in [3.05, 3.63) is 59.9 Å². The third-order valence-electron chi connectivity index (χ3n) is 6.12. The van der Waals surface area contributed by atoms with Crippen LogP contribution in [0, 0.1) is 5.82 Å². The highest BCUT2D eigenvalue weighted by Gasteiger charge is 2.43. The van der Waals surface area contributed by atoms with Gasteiger partial charge >= 0.3 is 6.03 Å². The van der Waals surface area contributed by atoms with Gasteiger partial charge in [-0.1, -0.05) is 12.1 Å². The SMILES string of the molecule is CC1(C)NC(=O)N(CCOc2ccc(CN3CCOC[C@@](O)(COc4ccc(F)cc4)C3)cc2)C1=O. The Kier molecular flexibility index (Phi) is 7.77. The molecule has 10 heteroatoms. The zero-order valence-electron chi connectivity index (χ0n) is 20.5. The number of ether oxygens (including phenoxy) is 3. The third kappa shape index (κ3) is 6.51. The first-order valence-corrected chi connectivity index (χ1v) is 11.9. The van der Waals surface area contributed by atoms with Gasteiger partial charge in [0.05, 0.1) is 19.8 Å². The average Bonchev–Trinajstić information content (AvgIpc) is 2.95. The van der Waals surface area contributed by atoms with E-state index in [9.17, 15) is 19.1 Å². The van der Waals surface area contributed by atoms with E-state index >= 15 is 0 Å². The minimum Gasteiger partial charge on any atom is -0.492 e. The maximum Gasteiger partial charge on any atom is 0.325 e. The number of hydrogen-bond donors (Lipinski definition) is 2. The zero-order valence-corrected chi connectivity index (χ0v) is 20.5. The Balaban J connectivity index is 1.26. The van der Waals surface area contributed by atoms with Crippen LogP contribution in [0.1, 0.15) is 19.4 Å². The van der Waals surface area contributed by atoms with Crippen molar-refractivity contribution in [1.82, 2.24) is 15.1 Å². The summed E-state index contributed by atoms with van der Waals surface area (Å²) < 4.78 is 30.1. The molecule has 2 heterocycles. The summed E-state index contributed by atoms with van der Waals surface area (Å²) in [5.41, 5.74) is -1.07. The zero-order chi connectivity index (χ0) is 25.8. The fraction of sp³-hybridized carbons (Fsp3) is 0.462. The fourth-order valence-electron chi connectivity index (χ4n) is 4.19. The number of β-amino-alcohol motifs (C(OH)–C–C–N with tert-alkyl or cyclic N) is 1. The van der Waals surface area contributed by atoms with E-state index < -0.39 is 17.2 Å². The highest BCUT2D eigenvalue weighted by Crippen LogP contribution is 2.20. The van der Waals surface area contributed by atoms with E-state index in [1.165, 1.54) is 24.3 Å². The van der Waals surface area contributed by atoms with Gasteiger partial charge in [0.1, 0.15) is 41.7 Å². The number of hydrogen-bond acceptors (Lipinski definition) is 7. The smallest absolute Gasteiger partial charge is 0.325 e. The summed E-state index contributed by atoms with van der Waals surface area (Å²) in [6.45, 7) is 5.96. The van der Waals surface area contributed by atoms with E-state index in [-0.39, 0.29) is 38.1 Å². The van der Waals surface area contributed by atoms with Gasteiger partial charge in [0.25, 0.3) is 5.91 Å². The molecule has 0 spiro atoms. The molecule has 2 aliphatic rings. The molecular weight excluding hydrogens is 469 g/mol. The van der Waals surface area contributed by atoms with E-state index in [1.54, 1.807) is 13.8 Å². The quantitative estimate of drug-likeness (QED) is 0.508. The molecule has 2 saturated heterocycles. The van der Waals surface area contributed by atoms with Gasteiger partial charge in [-0.15, -0.1) is 0 Å². The van der Waals surface area contributed by atoms with Crippen molar-refractivity contribution in [1.29, 1.82) is 0 Å². The molecule has 9 nitrogen and oxygen atoms in total. The van der Waals surface area contributed by atoms with E-state index in [4.69, 9.17) is 14.2 Å². The first-order chi connectivity index (χ1) is 17.1. The van der Waals surface area contributed by atoms with E-state index in [0.717, 1.165) is 10.5 Å². The molecule has 194 valence electrons. The van der Waals surface area contributed by atoms with Crippen molar-refractivity contribution >= 4 is 11.9 Å². The van der Waals surface area contributed by atoms with E-state index in [1.807, 2.05) is 24.3 Å². The van der Waals surface area contributed by atoms with Gasteiger partial charge in [-0.05, 0) is 55.8 Å². The molecule has 2 N–H and O–H groups in total. The van der Waals surface area contributed by atoms with Crippen LogP contribution in [0.3, 0.4) is 0 Å². The number of carbonyl (C=O) groups excluding carboxylic acids is 2. The second-order valence-electron chi connectivity index (χ2n) is 9.73. The summed E-state index contributed by atoms with van der Waals surface area (Å²) in [5, 5.41) is 13.7. The first-order valence-electron chi connectivity index (χ1n) is 11.9. The van der Waals surface area contributed by atoms with Crippen molar-refractivity contribution in [3.63, 3.8) is 0 Å². The minimum absolute atomic E-state index is 0.0244. The maximum atomic E-state index is 13.1.